The van der Waals surface area contributed by atoms with Gasteiger partial charge in [0.2, 0.25) is 0 Å². The average Bonchev–Trinajstić information content (AvgIpc) is 2.75. The molecule has 0 heterocycles. The van der Waals surface area contributed by atoms with Crippen molar-refractivity contribution in [2.24, 2.45) is 0 Å². The Morgan fingerprint density at radius 3 is 1.87 bits per heavy atom. The zero-order valence-corrected chi connectivity index (χ0v) is 22.4. The highest BCUT2D eigenvalue weighted by molar-refractivity contribution is 7.97. The maximum absolute atomic E-state index is 12.1. The van der Waals surface area contributed by atoms with Gasteiger partial charge in [-0.15, -0.1) is 0 Å². The van der Waals surface area contributed by atoms with E-state index in [0.717, 1.165) is 25.9 Å². The Bertz CT molecular complexity index is 394. The fourth-order valence-corrected chi connectivity index (χ4v) is 5.14. The molecule has 0 bridgehead atoms. The Morgan fingerprint density at radius 1 is 0.774 bits per heavy atom. The van der Waals surface area contributed by atoms with Gasteiger partial charge in [-0.3, -0.25) is 4.79 Å². The summed E-state index contributed by atoms with van der Waals surface area (Å²) in [5.41, 5.74) is 0. The van der Waals surface area contributed by atoms with E-state index in [4.69, 9.17) is 4.74 Å². The van der Waals surface area contributed by atoms with Crippen molar-refractivity contribution in [3.05, 3.63) is 0 Å². The molecule has 0 rings (SSSR count). The largest absolute Gasteiger partial charge is 0.469 e. The van der Waals surface area contributed by atoms with Crippen molar-refractivity contribution in [2.75, 3.05) is 40.0 Å². The van der Waals surface area contributed by atoms with E-state index in [0.29, 0.717) is 12.5 Å². The van der Waals surface area contributed by atoms with Crippen molar-refractivity contribution in [3.8, 4) is 0 Å². The molecule has 0 aliphatic heterocycles. The van der Waals surface area contributed by atoms with Crippen molar-refractivity contribution in [3.63, 3.8) is 0 Å². The van der Waals surface area contributed by atoms with Crippen LogP contribution >= 0.6 is 11.9 Å². The normalized spacial score (nSPS) is 12.6. The monoisotopic (exact) mass is 458 g/mol. The second-order valence-corrected chi connectivity index (χ2v) is 10.4. The number of ether oxygens (including phenoxy) is 1. The van der Waals surface area contributed by atoms with Gasteiger partial charge in [0, 0.05) is 18.3 Å². The number of methoxy groups -OCH3 is 1. The van der Waals surface area contributed by atoms with E-state index in [1.807, 2.05) is 11.9 Å². The molecule has 0 radical (unpaired) electrons. The van der Waals surface area contributed by atoms with E-state index < -0.39 is 0 Å². The summed E-state index contributed by atoms with van der Waals surface area (Å²) in [5, 5.41) is 0. The van der Waals surface area contributed by atoms with Crippen molar-refractivity contribution >= 4 is 17.9 Å². The summed E-state index contributed by atoms with van der Waals surface area (Å²) in [4.78, 5) is 14.4. The van der Waals surface area contributed by atoms with Crippen molar-refractivity contribution in [1.82, 2.24) is 9.21 Å². The average molecular weight is 459 g/mol. The molecule has 0 aromatic rings. The minimum Gasteiger partial charge on any atom is -0.469 e. The fraction of sp³-hybridized carbons (Fsp3) is 0.962. The van der Waals surface area contributed by atoms with Crippen molar-refractivity contribution in [1.29, 1.82) is 0 Å². The summed E-state index contributed by atoms with van der Waals surface area (Å²) in [6.45, 7) is 6.69. The predicted molar refractivity (Wildman–Crippen MR) is 139 cm³/mol. The Kier molecular flexibility index (Phi) is 22.7. The first-order valence-corrected chi connectivity index (χ1v) is 14.1. The van der Waals surface area contributed by atoms with Crippen LogP contribution in [0.3, 0.4) is 0 Å². The smallest absolute Gasteiger partial charge is 0.307 e. The lowest BCUT2D eigenvalue weighted by molar-refractivity contribution is -0.141. The third-order valence-electron chi connectivity index (χ3n) is 5.92. The number of nitrogens with zero attached hydrogens (tertiary/aromatic N) is 2. The topological polar surface area (TPSA) is 32.8 Å². The summed E-state index contributed by atoms with van der Waals surface area (Å²) in [6, 6.07) is 0.301. The summed E-state index contributed by atoms with van der Waals surface area (Å²) < 4.78 is 7.57. The highest BCUT2D eigenvalue weighted by Crippen LogP contribution is 2.24. The van der Waals surface area contributed by atoms with Crippen LogP contribution in [-0.2, 0) is 9.53 Å². The first-order valence-electron chi connectivity index (χ1n) is 13.2. The molecule has 0 aliphatic carbocycles. The van der Waals surface area contributed by atoms with Gasteiger partial charge in [0.05, 0.1) is 13.5 Å². The number of hydrogen-bond donors (Lipinski definition) is 0. The molecule has 186 valence electrons. The molecule has 5 heteroatoms. The van der Waals surface area contributed by atoms with E-state index in [1.54, 1.807) is 0 Å². The van der Waals surface area contributed by atoms with E-state index in [2.05, 4.69) is 37.1 Å². The zero-order valence-electron chi connectivity index (χ0n) is 21.6. The van der Waals surface area contributed by atoms with Crippen LogP contribution in [0.1, 0.15) is 117 Å². The van der Waals surface area contributed by atoms with Gasteiger partial charge in [0.15, 0.2) is 0 Å². The Hall–Kier alpha value is -0.260. The maximum Gasteiger partial charge on any atom is 0.307 e. The molecular weight excluding hydrogens is 404 g/mol. The second-order valence-electron chi connectivity index (χ2n) is 9.24. The van der Waals surface area contributed by atoms with Gasteiger partial charge in [0.1, 0.15) is 0 Å². The van der Waals surface area contributed by atoms with Crippen molar-refractivity contribution < 1.29 is 9.53 Å². The third kappa shape index (κ3) is 20.1. The fourth-order valence-electron chi connectivity index (χ4n) is 3.92. The lowest BCUT2D eigenvalue weighted by Crippen LogP contribution is -2.34. The van der Waals surface area contributed by atoms with Crippen LogP contribution in [0.2, 0.25) is 0 Å². The summed E-state index contributed by atoms with van der Waals surface area (Å²) in [5.74, 6) is 1.11. The second kappa shape index (κ2) is 22.9. The van der Waals surface area contributed by atoms with Gasteiger partial charge in [-0.2, -0.15) is 0 Å². The minimum atomic E-state index is -0.0641. The lowest BCUT2D eigenvalue weighted by atomic mass is 10.0. The van der Waals surface area contributed by atoms with Gasteiger partial charge in [-0.1, -0.05) is 103 Å². The van der Waals surface area contributed by atoms with Crippen molar-refractivity contribution in [2.45, 2.75) is 123 Å². The number of rotatable bonds is 23. The lowest BCUT2D eigenvalue weighted by Gasteiger charge is -2.30. The molecule has 0 spiro atoms. The first-order chi connectivity index (χ1) is 15.0. The molecule has 1 atom stereocenters. The molecule has 0 saturated carbocycles. The van der Waals surface area contributed by atoms with Gasteiger partial charge in [0.25, 0.3) is 0 Å². The highest BCUT2D eigenvalue weighted by Gasteiger charge is 2.22. The molecule has 0 saturated heterocycles. The Labute approximate surface area is 199 Å². The van der Waals surface area contributed by atoms with Crippen LogP contribution in [0.4, 0.5) is 0 Å². The van der Waals surface area contributed by atoms with Crippen LogP contribution in [0.15, 0.2) is 0 Å². The van der Waals surface area contributed by atoms with Crippen LogP contribution in [0.25, 0.3) is 0 Å². The molecule has 0 aromatic heterocycles. The standard InChI is InChI=1S/C26H54N2O2S/c1-6-8-10-12-14-15-17-20-25(24-26(29)30-5)28(22-19-21-27(3)4)31-23-18-16-13-11-9-7-2/h25H,6-24H2,1-5H3. The number of esters is 1. The van der Waals surface area contributed by atoms with Crippen LogP contribution in [0.5, 0.6) is 0 Å². The Balaban J connectivity index is 4.60. The van der Waals surface area contributed by atoms with E-state index >= 15 is 0 Å². The maximum atomic E-state index is 12.1. The van der Waals surface area contributed by atoms with Gasteiger partial charge in [-0.05, 0) is 39.9 Å². The quantitative estimate of drug-likeness (QED) is 0.0909. The number of unbranched alkanes of at least 4 members (excludes halogenated alkanes) is 11. The van der Waals surface area contributed by atoms with E-state index in [-0.39, 0.29) is 5.97 Å². The van der Waals surface area contributed by atoms with Gasteiger partial charge in [-0.25, -0.2) is 4.31 Å². The van der Waals surface area contributed by atoms with Crippen LogP contribution in [0, 0.1) is 0 Å². The molecule has 0 fully saturated rings. The molecule has 0 amide bonds. The molecule has 0 aromatic carbocycles. The van der Waals surface area contributed by atoms with Gasteiger partial charge >= 0.3 is 5.97 Å². The summed E-state index contributed by atoms with van der Waals surface area (Å²) >= 11 is 1.98. The van der Waals surface area contributed by atoms with Gasteiger partial charge < -0.3 is 9.64 Å². The highest BCUT2D eigenvalue weighted by atomic mass is 32.2. The van der Waals surface area contributed by atoms with E-state index in [9.17, 15) is 4.79 Å². The minimum absolute atomic E-state index is 0.0641. The van der Waals surface area contributed by atoms with Crippen LogP contribution in [-0.4, -0.2) is 61.3 Å². The number of carbonyl (C=O) groups is 1. The Morgan fingerprint density at radius 2 is 1.32 bits per heavy atom. The molecular formula is C26H54N2O2S. The molecule has 1 unspecified atom stereocenters. The van der Waals surface area contributed by atoms with E-state index in [1.165, 1.54) is 96.3 Å². The molecule has 31 heavy (non-hydrogen) atoms. The zero-order chi connectivity index (χ0) is 23.2. The molecule has 0 aliphatic rings. The summed E-state index contributed by atoms with van der Waals surface area (Å²) in [6.07, 6.45) is 20.0. The number of hydrogen-bond acceptors (Lipinski definition) is 5. The third-order valence-corrected chi connectivity index (χ3v) is 7.20. The van der Waals surface area contributed by atoms with Crippen LogP contribution < -0.4 is 0 Å². The number of carbonyl (C=O) groups excluding carboxylic acids is 1. The predicted octanol–water partition coefficient (Wildman–Crippen LogP) is 7.32. The summed E-state index contributed by atoms with van der Waals surface area (Å²) in [7, 11) is 5.80. The SMILES string of the molecule is CCCCCCCCCC(CC(=O)OC)N(CCCN(C)C)SCCCCCCCC. The molecule has 4 nitrogen and oxygen atoms in total. The first kappa shape index (κ1) is 30.7. The molecule has 0 N–H and O–H groups in total.